The van der Waals surface area contributed by atoms with Crippen LogP contribution in [0.1, 0.15) is 32.8 Å². The maximum atomic E-state index is 14.3. The van der Waals surface area contributed by atoms with Gasteiger partial charge in [-0.05, 0) is 38.9 Å². The predicted molar refractivity (Wildman–Crippen MR) is 81.6 cm³/mol. The molecule has 0 aliphatic carbocycles. The van der Waals surface area contributed by atoms with Gasteiger partial charge in [0.15, 0.2) is 0 Å². The van der Waals surface area contributed by atoms with Gasteiger partial charge in [0.1, 0.15) is 10.7 Å². The standard InChI is InChI=1S/C13H20BrFN2O2S/c1-4-5-16-8-10-6-11(14)7-12(13(10)15)20(18,19)17-9(2)3/h6-7,9,16-17H,4-5,8H2,1-3H3. The molecule has 0 bridgehead atoms. The van der Waals surface area contributed by atoms with E-state index in [-0.39, 0.29) is 10.9 Å². The van der Waals surface area contributed by atoms with Gasteiger partial charge in [0.05, 0.1) is 0 Å². The first-order chi connectivity index (χ1) is 9.27. The van der Waals surface area contributed by atoms with E-state index in [0.29, 0.717) is 16.6 Å². The van der Waals surface area contributed by atoms with Crippen LogP contribution in [0.25, 0.3) is 0 Å². The third-order valence-corrected chi connectivity index (χ3v) is 4.62. The molecule has 0 saturated heterocycles. The first kappa shape index (κ1) is 17.6. The number of hydrogen-bond acceptors (Lipinski definition) is 3. The number of nitrogens with one attached hydrogen (secondary N) is 2. The summed E-state index contributed by atoms with van der Waals surface area (Å²) in [5.41, 5.74) is 0.331. The number of halogens is 2. The second kappa shape index (κ2) is 7.49. The van der Waals surface area contributed by atoms with Crippen molar-refractivity contribution >= 4 is 26.0 Å². The van der Waals surface area contributed by atoms with Crippen molar-refractivity contribution in [1.29, 1.82) is 0 Å². The van der Waals surface area contributed by atoms with Gasteiger partial charge in [0.25, 0.3) is 0 Å². The lowest BCUT2D eigenvalue weighted by Gasteiger charge is -2.13. The van der Waals surface area contributed by atoms with Crippen molar-refractivity contribution in [2.45, 2.75) is 44.7 Å². The minimum Gasteiger partial charge on any atom is -0.313 e. The van der Waals surface area contributed by atoms with Crippen LogP contribution in [-0.2, 0) is 16.6 Å². The molecule has 114 valence electrons. The second-order valence-corrected chi connectivity index (χ2v) is 7.43. The molecule has 7 heteroatoms. The molecule has 2 N–H and O–H groups in total. The molecule has 0 fully saturated rings. The molecule has 0 spiro atoms. The predicted octanol–water partition coefficient (Wildman–Crippen LogP) is 2.77. The van der Waals surface area contributed by atoms with Gasteiger partial charge in [-0.2, -0.15) is 0 Å². The van der Waals surface area contributed by atoms with E-state index in [4.69, 9.17) is 0 Å². The average molecular weight is 367 g/mol. The summed E-state index contributed by atoms with van der Waals surface area (Å²) in [7, 11) is -3.85. The largest absolute Gasteiger partial charge is 0.313 e. The van der Waals surface area contributed by atoms with Gasteiger partial charge in [-0.15, -0.1) is 0 Å². The maximum Gasteiger partial charge on any atom is 0.243 e. The smallest absolute Gasteiger partial charge is 0.243 e. The normalized spacial score (nSPS) is 12.1. The minimum atomic E-state index is -3.85. The van der Waals surface area contributed by atoms with Gasteiger partial charge in [-0.25, -0.2) is 17.5 Å². The van der Waals surface area contributed by atoms with Crippen LogP contribution in [0.3, 0.4) is 0 Å². The lowest BCUT2D eigenvalue weighted by atomic mass is 10.2. The summed E-state index contributed by atoms with van der Waals surface area (Å²) in [5, 5.41) is 3.06. The summed E-state index contributed by atoms with van der Waals surface area (Å²) in [6.45, 7) is 6.43. The van der Waals surface area contributed by atoms with E-state index in [1.165, 1.54) is 6.07 Å². The highest BCUT2D eigenvalue weighted by Crippen LogP contribution is 2.24. The Morgan fingerprint density at radius 3 is 2.55 bits per heavy atom. The Labute approximate surface area is 128 Å². The van der Waals surface area contributed by atoms with E-state index in [2.05, 4.69) is 26.0 Å². The lowest BCUT2D eigenvalue weighted by Crippen LogP contribution is -2.31. The molecule has 20 heavy (non-hydrogen) atoms. The summed E-state index contributed by atoms with van der Waals surface area (Å²) in [4.78, 5) is -0.325. The van der Waals surface area contributed by atoms with Gasteiger partial charge < -0.3 is 5.32 Å². The van der Waals surface area contributed by atoms with Crippen molar-refractivity contribution in [2.75, 3.05) is 6.54 Å². The highest BCUT2D eigenvalue weighted by Gasteiger charge is 2.22. The zero-order chi connectivity index (χ0) is 15.3. The fraction of sp³-hybridized carbons (Fsp3) is 0.538. The molecule has 1 aromatic rings. The van der Waals surface area contributed by atoms with Gasteiger partial charge >= 0.3 is 0 Å². The van der Waals surface area contributed by atoms with Crippen molar-refractivity contribution in [1.82, 2.24) is 10.0 Å². The Balaban J connectivity index is 3.14. The summed E-state index contributed by atoms with van der Waals surface area (Å²) in [6, 6.07) is 2.58. The average Bonchev–Trinajstić information content (AvgIpc) is 2.31. The highest BCUT2D eigenvalue weighted by molar-refractivity contribution is 9.10. The van der Waals surface area contributed by atoms with Crippen molar-refractivity contribution in [2.24, 2.45) is 0 Å². The Kier molecular flexibility index (Phi) is 6.57. The first-order valence-electron chi connectivity index (χ1n) is 6.49. The molecule has 0 aliphatic heterocycles. The number of hydrogen-bond donors (Lipinski definition) is 2. The van der Waals surface area contributed by atoms with Crippen LogP contribution >= 0.6 is 15.9 Å². The number of sulfonamides is 1. The van der Waals surface area contributed by atoms with Gasteiger partial charge in [-0.1, -0.05) is 22.9 Å². The zero-order valence-electron chi connectivity index (χ0n) is 11.8. The van der Waals surface area contributed by atoms with Crippen LogP contribution in [0, 0.1) is 5.82 Å². The van der Waals surface area contributed by atoms with Crippen LogP contribution in [0.5, 0.6) is 0 Å². The lowest BCUT2D eigenvalue weighted by molar-refractivity contribution is 0.536. The third-order valence-electron chi connectivity index (χ3n) is 2.50. The number of benzene rings is 1. The van der Waals surface area contributed by atoms with E-state index in [1.54, 1.807) is 19.9 Å². The molecule has 0 aliphatic rings. The topological polar surface area (TPSA) is 58.2 Å². The van der Waals surface area contributed by atoms with E-state index in [1.807, 2.05) is 6.92 Å². The molecule has 0 atom stereocenters. The van der Waals surface area contributed by atoms with Gasteiger partial charge in [0.2, 0.25) is 10.0 Å². The maximum absolute atomic E-state index is 14.3. The van der Waals surface area contributed by atoms with E-state index in [9.17, 15) is 12.8 Å². The Morgan fingerprint density at radius 1 is 1.35 bits per heavy atom. The van der Waals surface area contributed by atoms with Crippen LogP contribution in [0.2, 0.25) is 0 Å². The molecule has 1 rings (SSSR count). The van der Waals surface area contributed by atoms with Crippen LogP contribution in [0.4, 0.5) is 4.39 Å². The number of rotatable bonds is 7. The van der Waals surface area contributed by atoms with Gasteiger partial charge in [0, 0.05) is 22.6 Å². The molecule has 0 saturated carbocycles. The summed E-state index contributed by atoms with van der Waals surface area (Å²) >= 11 is 3.23. The fourth-order valence-electron chi connectivity index (χ4n) is 1.72. The quantitative estimate of drug-likeness (QED) is 0.729. The monoisotopic (exact) mass is 366 g/mol. The Bertz CT molecular complexity index is 562. The van der Waals surface area contributed by atoms with Crippen molar-refractivity contribution < 1.29 is 12.8 Å². The van der Waals surface area contributed by atoms with E-state index >= 15 is 0 Å². The van der Waals surface area contributed by atoms with Crippen LogP contribution < -0.4 is 10.0 Å². The van der Waals surface area contributed by atoms with E-state index < -0.39 is 15.8 Å². The molecule has 0 heterocycles. The molecule has 1 aromatic carbocycles. The molecular formula is C13H20BrFN2O2S. The van der Waals surface area contributed by atoms with Crippen molar-refractivity contribution in [3.05, 3.63) is 28.0 Å². The third kappa shape index (κ3) is 4.80. The van der Waals surface area contributed by atoms with Gasteiger partial charge in [-0.3, -0.25) is 0 Å². The molecule has 0 amide bonds. The Morgan fingerprint density at radius 2 is 2.00 bits per heavy atom. The highest BCUT2D eigenvalue weighted by atomic mass is 79.9. The van der Waals surface area contributed by atoms with Crippen molar-refractivity contribution in [3.8, 4) is 0 Å². The first-order valence-corrected chi connectivity index (χ1v) is 8.76. The van der Waals surface area contributed by atoms with E-state index in [0.717, 1.165) is 13.0 Å². The summed E-state index contributed by atoms with van der Waals surface area (Å²) in [5.74, 6) is -0.704. The molecule has 0 unspecified atom stereocenters. The zero-order valence-corrected chi connectivity index (χ0v) is 14.2. The Hall–Kier alpha value is -0.500. The van der Waals surface area contributed by atoms with Crippen LogP contribution in [-0.4, -0.2) is 21.0 Å². The minimum absolute atomic E-state index is 0.292. The summed E-state index contributed by atoms with van der Waals surface area (Å²) in [6.07, 6.45) is 0.926. The summed E-state index contributed by atoms with van der Waals surface area (Å²) < 4.78 is 41.5. The molecule has 0 radical (unpaired) electrons. The molecule has 4 nitrogen and oxygen atoms in total. The molecular weight excluding hydrogens is 347 g/mol. The molecule has 0 aromatic heterocycles. The SMILES string of the molecule is CCCNCc1cc(Br)cc(S(=O)(=O)NC(C)C)c1F. The van der Waals surface area contributed by atoms with Crippen LogP contribution in [0.15, 0.2) is 21.5 Å². The second-order valence-electron chi connectivity index (χ2n) is 4.83. The fourth-order valence-corrected chi connectivity index (χ4v) is 3.77. The van der Waals surface area contributed by atoms with Crippen molar-refractivity contribution in [3.63, 3.8) is 0 Å².